The maximum atomic E-state index is 11.9. The van der Waals surface area contributed by atoms with Crippen LogP contribution in [0.4, 0.5) is 10.5 Å². The Labute approximate surface area is 133 Å². The van der Waals surface area contributed by atoms with Gasteiger partial charge in [0, 0.05) is 24.8 Å². The van der Waals surface area contributed by atoms with Crippen LogP contribution in [0.1, 0.15) is 34.1 Å². The average Bonchev–Trinajstić information content (AvgIpc) is 2.43. The zero-order valence-electron chi connectivity index (χ0n) is 14.0. The van der Waals surface area contributed by atoms with Gasteiger partial charge in [0.15, 0.2) is 0 Å². The first-order chi connectivity index (χ1) is 10.3. The number of benzene rings is 1. The fraction of sp³-hybridized carbons (Fsp3) is 0.588. The third-order valence-corrected chi connectivity index (χ3v) is 3.34. The molecule has 1 aromatic rings. The molecular formula is C17H29N3O2. The zero-order chi connectivity index (χ0) is 16.6. The van der Waals surface area contributed by atoms with Gasteiger partial charge in [-0.1, -0.05) is 32.0 Å². The van der Waals surface area contributed by atoms with Gasteiger partial charge in [0.1, 0.15) is 0 Å². The average molecular weight is 307 g/mol. The summed E-state index contributed by atoms with van der Waals surface area (Å²) in [6.07, 6.45) is 0.284. The van der Waals surface area contributed by atoms with Gasteiger partial charge < -0.3 is 21.1 Å². The van der Waals surface area contributed by atoms with Crippen molar-refractivity contribution in [2.45, 2.75) is 46.3 Å². The van der Waals surface area contributed by atoms with Gasteiger partial charge in [-0.2, -0.15) is 0 Å². The minimum atomic E-state index is -0.367. The molecule has 0 radical (unpaired) electrons. The molecule has 0 heterocycles. The second kappa shape index (κ2) is 8.63. The van der Waals surface area contributed by atoms with Gasteiger partial charge in [0.2, 0.25) is 0 Å². The number of hydrogen-bond acceptors (Lipinski definition) is 3. The van der Waals surface area contributed by atoms with Crippen LogP contribution >= 0.6 is 0 Å². The normalized spacial score (nSPS) is 14.0. The van der Waals surface area contributed by atoms with E-state index in [0.717, 1.165) is 5.69 Å². The highest BCUT2D eigenvalue weighted by Gasteiger charge is 2.21. The van der Waals surface area contributed by atoms with E-state index in [-0.39, 0.29) is 23.6 Å². The van der Waals surface area contributed by atoms with Crippen LogP contribution in [0.3, 0.4) is 0 Å². The molecule has 2 atom stereocenters. The van der Waals surface area contributed by atoms with E-state index in [1.54, 1.807) is 6.92 Å². The predicted molar refractivity (Wildman–Crippen MR) is 91.0 cm³/mol. The van der Waals surface area contributed by atoms with Crippen LogP contribution in [-0.4, -0.2) is 36.4 Å². The van der Waals surface area contributed by atoms with Gasteiger partial charge >= 0.3 is 6.03 Å². The first-order valence-corrected chi connectivity index (χ1v) is 7.80. The SMILES string of the molecule is CC(O)CC(C)(C)CNC(=O)NC(C)CNc1ccccc1. The molecule has 0 aliphatic carbocycles. The molecule has 0 spiro atoms. The highest BCUT2D eigenvalue weighted by atomic mass is 16.3. The van der Waals surface area contributed by atoms with E-state index in [1.807, 2.05) is 51.1 Å². The molecule has 0 aliphatic rings. The van der Waals surface area contributed by atoms with E-state index in [9.17, 15) is 9.90 Å². The Balaban J connectivity index is 2.26. The Morgan fingerprint density at radius 1 is 1.23 bits per heavy atom. The number of carbonyl (C=O) groups is 1. The quantitative estimate of drug-likeness (QED) is 0.596. The summed E-state index contributed by atoms with van der Waals surface area (Å²) in [5.41, 5.74) is 0.909. The Morgan fingerprint density at radius 3 is 2.45 bits per heavy atom. The van der Waals surface area contributed by atoms with Gasteiger partial charge in [-0.3, -0.25) is 0 Å². The standard InChI is InChI=1S/C17H29N3O2/c1-13(11-18-15-8-6-5-7-9-15)20-16(22)19-12-17(3,4)10-14(2)21/h5-9,13-14,18,21H,10-12H2,1-4H3,(H2,19,20,22). The summed E-state index contributed by atoms with van der Waals surface area (Å²) >= 11 is 0. The molecule has 5 nitrogen and oxygen atoms in total. The van der Waals surface area contributed by atoms with E-state index in [1.165, 1.54) is 0 Å². The fourth-order valence-corrected chi connectivity index (χ4v) is 2.34. The van der Waals surface area contributed by atoms with Crippen molar-refractivity contribution in [2.75, 3.05) is 18.4 Å². The molecule has 0 fully saturated rings. The second-order valence-corrected chi connectivity index (χ2v) is 6.69. The maximum absolute atomic E-state index is 11.9. The van der Waals surface area contributed by atoms with Crippen LogP contribution in [0, 0.1) is 5.41 Å². The summed E-state index contributed by atoms with van der Waals surface area (Å²) in [5, 5.41) is 18.5. The van der Waals surface area contributed by atoms with Crippen molar-refractivity contribution in [1.29, 1.82) is 0 Å². The Kier molecular flexibility index (Phi) is 7.18. The Bertz CT molecular complexity index is 446. The molecule has 22 heavy (non-hydrogen) atoms. The minimum absolute atomic E-state index is 0.0140. The number of rotatable bonds is 8. The molecular weight excluding hydrogens is 278 g/mol. The zero-order valence-corrected chi connectivity index (χ0v) is 14.0. The van der Waals surface area contributed by atoms with Gasteiger partial charge in [-0.15, -0.1) is 0 Å². The number of amides is 2. The molecule has 0 bridgehead atoms. The van der Waals surface area contributed by atoms with E-state index in [4.69, 9.17) is 0 Å². The predicted octanol–water partition coefficient (Wildman–Crippen LogP) is 2.58. The largest absolute Gasteiger partial charge is 0.393 e. The van der Waals surface area contributed by atoms with Crippen molar-refractivity contribution in [3.05, 3.63) is 30.3 Å². The van der Waals surface area contributed by atoms with Gasteiger partial charge in [0.25, 0.3) is 0 Å². The third kappa shape index (κ3) is 7.88. The van der Waals surface area contributed by atoms with E-state index < -0.39 is 0 Å². The topological polar surface area (TPSA) is 73.4 Å². The lowest BCUT2D eigenvalue weighted by Crippen LogP contribution is -2.46. The number of aliphatic hydroxyl groups excluding tert-OH is 1. The Hall–Kier alpha value is -1.75. The fourth-order valence-electron chi connectivity index (χ4n) is 2.34. The van der Waals surface area contributed by atoms with E-state index >= 15 is 0 Å². The number of nitrogens with one attached hydrogen (secondary N) is 3. The third-order valence-electron chi connectivity index (χ3n) is 3.34. The van der Waals surface area contributed by atoms with Crippen molar-refractivity contribution >= 4 is 11.7 Å². The van der Waals surface area contributed by atoms with Crippen LogP contribution in [0.5, 0.6) is 0 Å². The summed E-state index contributed by atoms with van der Waals surface area (Å²) < 4.78 is 0. The summed E-state index contributed by atoms with van der Waals surface area (Å²) in [6.45, 7) is 8.97. The molecule has 4 N–H and O–H groups in total. The summed E-state index contributed by atoms with van der Waals surface area (Å²) in [5.74, 6) is 0. The summed E-state index contributed by atoms with van der Waals surface area (Å²) in [7, 11) is 0. The number of para-hydroxylation sites is 1. The molecule has 0 aromatic heterocycles. The molecule has 0 aliphatic heterocycles. The maximum Gasteiger partial charge on any atom is 0.315 e. The molecule has 1 aromatic carbocycles. The Morgan fingerprint density at radius 2 is 1.86 bits per heavy atom. The summed E-state index contributed by atoms with van der Waals surface area (Å²) in [4.78, 5) is 11.9. The van der Waals surface area contributed by atoms with Crippen molar-refractivity contribution in [3.63, 3.8) is 0 Å². The molecule has 2 amide bonds. The molecule has 1 rings (SSSR count). The van der Waals surface area contributed by atoms with Gasteiger partial charge in [-0.25, -0.2) is 4.79 Å². The number of aliphatic hydroxyl groups is 1. The lowest BCUT2D eigenvalue weighted by molar-refractivity contribution is 0.128. The number of hydrogen-bond donors (Lipinski definition) is 4. The molecule has 0 saturated carbocycles. The minimum Gasteiger partial charge on any atom is -0.393 e. The molecule has 0 saturated heterocycles. The van der Waals surface area contributed by atoms with Gasteiger partial charge in [-0.05, 0) is 37.8 Å². The monoisotopic (exact) mass is 307 g/mol. The van der Waals surface area contributed by atoms with Gasteiger partial charge in [0.05, 0.1) is 6.10 Å². The van der Waals surface area contributed by atoms with Crippen LogP contribution < -0.4 is 16.0 Å². The summed E-state index contributed by atoms with van der Waals surface area (Å²) in [6, 6.07) is 9.72. The second-order valence-electron chi connectivity index (χ2n) is 6.69. The number of urea groups is 1. The van der Waals surface area contributed by atoms with Crippen molar-refractivity contribution in [1.82, 2.24) is 10.6 Å². The van der Waals surface area contributed by atoms with E-state index in [2.05, 4.69) is 16.0 Å². The molecule has 2 unspecified atom stereocenters. The first kappa shape index (κ1) is 18.3. The lowest BCUT2D eigenvalue weighted by atomic mass is 9.87. The number of anilines is 1. The number of carbonyl (C=O) groups excluding carboxylic acids is 1. The first-order valence-electron chi connectivity index (χ1n) is 7.80. The van der Waals surface area contributed by atoms with Crippen LogP contribution in [0.15, 0.2) is 30.3 Å². The van der Waals surface area contributed by atoms with E-state index in [0.29, 0.717) is 19.5 Å². The van der Waals surface area contributed by atoms with Crippen molar-refractivity contribution in [2.24, 2.45) is 5.41 Å². The van der Waals surface area contributed by atoms with Crippen LogP contribution in [-0.2, 0) is 0 Å². The lowest BCUT2D eigenvalue weighted by Gasteiger charge is -2.27. The van der Waals surface area contributed by atoms with Crippen molar-refractivity contribution < 1.29 is 9.90 Å². The van der Waals surface area contributed by atoms with Crippen LogP contribution in [0.2, 0.25) is 0 Å². The smallest absolute Gasteiger partial charge is 0.315 e. The molecule has 5 heteroatoms. The highest BCUT2D eigenvalue weighted by molar-refractivity contribution is 5.74. The highest BCUT2D eigenvalue weighted by Crippen LogP contribution is 2.20. The molecule has 124 valence electrons. The van der Waals surface area contributed by atoms with Crippen molar-refractivity contribution in [3.8, 4) is 0 Å². The van der Waals surface area contributed by atoms with Crippen LogP contribution in [0.25, 0.3) is 0 Å².